The molecule has 1 aromatic heterocycles. The molecule has 0 bridgehead atoms. The van der Waals surface area contributed by atoms with Crippen LogP contribution in [0.1, 0.15) is 49.5 Å². The van der Waals surface area contributed by atoms with E-state index in [1.807, 2.05) is 6.26 Å². The van der Waals surface area contributed by atoms with Crippen molar-refractivity contribution in [2.45, 2.75) is 51.6 Å². The summed E-state index contributed by atoms with van der Waals surface area (Å²) in [4.78, 5) is 0. The second-order valence-corrected chi connectivity index (χ2v) is 36.9. The van der Waals surface area contributed by atoms with E-state index in [0.29, 0.717) is 6.42 Å². The van der Waals surface area contributed by atoms with E-state index in [0.717, 1.165) is 31.4 Å². The van der Waals surface area contributed by atoms with Crippen molar-refractivity contribution < 1.29 is 37.3 Å². The van der Waals surface area contributed by atoms with Gasteiger partial charge in [-0.1, -0.05) is 345 Å². The monoisotopic (exact) mass is 1670 g/mol. The molecule has 1 N–H and O–H groups in total. The molecule has 12 aromatic carbocycles. The van der Waals surface area contributed by atoms with Gasteiger partial charge in [0.25, 0.3) is 0 Å². The molecule has 1 atom stereocenters. The van der Waals surface area contributed by atoms with Crippen LogP contribution >= 0.6 is 63.8 Å². The Labute approximate surface area is 645 Å². The Morgan fingerprint density at radius 2 is 0.689 bits per heavy atom. The number of benzene rings is 12. The molecule has 0 fully saturated rings. The number of aryl methyl sites for hydroxylation is 1. The van der Waals surface area contributed by atoms with Crippen LogP contribution in [0.25, 0.3) is 6.08 Å². The first-order valence-corrected chi connectivity index (χ1v) is 45.6. The summed E-state index contributed by atoms with van der Waals surface area (Å²) < 4.78 is 6.05. The maximum Gasteiger partial charge on any atom is -0.0134 e. The molecule has 2 nitrogen and oxygen atoms in total. The Balaban J connectivity index is 0.000000183. The summed E-state index contributed by atoms with van der Waals surface area (Å²) in [6.07, 6.45) is 19.0. The minimum Gasteiger partial charge on any atom is -0.0622 e. The molecule has 1 aliphatic rings. The summed E-state index contributed by atoms with van der Waals surface area (Å²) in [5, 5.41) is 26.8. The number of hydrogen-bond donors (Lipinski definition) is 1. The molecular weight excluding hydrogens is 1590 g/mol. The number of fused-ring (bicyclic) bond motifs is 1. The minimum atomic E-state index is -2.01. The van der Waals surface area contributed by atoms with Crippen LogP contribution in [0.2, 0.25) is 0 Å². The van der Waals surface area contributed by atoms with Gasteiger partial charge < -0.3 is 21.9 Å². The number of aliphatic hydroxyl groups excluding tert-OH is 1. The molecule has 518 valence electrons. The van der Waals surface area contributed by atoms with E-state index in [1.54, 1.807) is 0 Å². The van der Waals surface area contributed by atoms with Crippen LogP contribution in [-0.4, -0.2) is 11.2 Å². The average Bonchev–Trinajstić information content (AvgIpc) is 1.37. The van der Waals surface area contributed by atoms with Gasteiger partial charge in [0.2, 0.25) is 0 Å². The fraction of sp³-hybridized carbons (Fsp3) is 0.0870. The van der Waals surface area contributed by atoms with Crippen LogP contribution < -0.4 is 76.1 Å². The van der Waals surface area contributed by atoms with Gasteiger partial charge >= 0.3 is 34.7 Å². The van der Waals surface area contributed by atoms with Crippen LogP contribution in [0.5, 0.6) is 0 Å². The first kappa shape index (κ1) is 82.2. The van der Waals surface area contributed by atoms with Crippen molar-refractivity contribution in [1.29, 1.82) is 0 Å². The molecule has 0 saturated heterocycles. The van der Waals surface area contributed by atoms with Gasteiger partial charge in [-0.25, -0.2) is 0 Å². The Morgan fingerprint density at radius 1 is 0.437 bits per heavy atom. The van der Waals surface area contributed by atoms with Gasteiger partial charge in [-0.3, -0.25) is 0 Å². The maximum absolute atomic E-state index is 8.76. The van der Waals surface area contributed by atoms with Crippen molar-refractivity contribution >= 4 is 134 Å². The van der Waals surface area contributed by atoms with Crippen LogP contribution in [0, 0.1) is 36.5 Å². The Hall–Kier alpha value is -8.12. The molecule has 1 heterocycles. The number of unbranched alkanes of at least 4 members (excludes halogenated alkanes) is 2. The molecule has 1 aliphatic carbocycles. The summed E-state index contributed by atoms with van der Waals surface area (Å²) in [7, 11) is 6.46. The van der Waals surface area contributed by atoms with Gasteiger partial charge in [-0.2, -0.15) is 13.5 Å². The van der Waals surface area contributed by atoms with E-state index < -0.39 is 52.5 Å². The van der Waals surface area contributed by atoms with Gasteiger partial charge in [0.05, 0.1) is 11.6 Å². The topological polar surface area (TPSA) is 33.4 Å². The zero-order valence-electron chi connectivity index (χ0n) is 57.4. The number of hydrogen-bond acceptors (Lipinski definition) is 2. The Bertz CT molecular complexity index is 3970. The summed E-state index contributed by atoms with van der Waals surface area (Å²) >= 11 is -0.639. The smallest absolute Gasteiger partial charge is 0.0134 e. The van der Waals surface area contributed by atoms with E-state index in [-0.39, 0.29) is 25.9 Å². The standard InChI is InChI=1S/C28H26OP.3C18H15P.C10H10O.3ClH.Os.H2S/c1-22(20-28-27-19-11-12-23(27)21-29-28)30(24-13-5-2-6-14-24,25-15-7-3-8-16-25)26-17-9-4-10-18-26;3*1-4-10-16(11-5-1)19(17-12-6-2-7-13-17)18-14-8-3-9-15-18;1-3-5-6-7-8-9-10(11)4-2;;;;;/h2-10,13-18,20-21H,11-12,19H2,1H3;3*1-15H;1-2,10-11H,5-7H2;3*1H;;1H2/q+1;;;;;;;;+2;/p-3/b22-20+;;;;;;;;;. The molecule has 11 heteroatoms. The number of halogens is 3. The summed E-state index contributed by atoms with van der Waals surface area (Å²) in [5.41, 5.74) is 2.79. The van der Waals surface area contributed by atoms with Crippen molar-refractivity contribution in [3.63, 3.8) is 0 Å². The third kappa shape index (κ3) is 24.5. The number of allylic oxidation sites excluding steroid dienone is 1. The fourth-order valence-electron chi connectivity index (χ4n) is 11.8. The summed E-state index contributed by atoms with van der Waals surface area (Å²) in [5.74, 6) is 10.9. The van der Waals surface area contributed by atoms with Gasteiger partial charge in [0, 0.05) is 24.5 Å². The molecule has 14 rings (SSSR count). The average molecular weight is 1670 g/mol. The van der Waals surface area contributed by atoms with Crippen LogP contribution in [0.15, 0.2) is 380 Å². The number of terminal acetylenes is 2. The Kier molecular flexibility index (Phi) is 37.1. The van der Waals surface area contributed by atoms with Gasteiger partial charge in [0.15, 0.2) is 6.10 Å². The van der Waals surface area contributed by atoms with Crippen molar-refractivity contribution in [2.24, 2.45) is 0 Å². The van der Waals surface area contributed by atoms with Crippen LogP contribution in [0.4, 0.5) is 0 Å². The van der Waals surface area contributed by atoms with E-state index in [1.165, 1.54) is 86.5 Å². The first-order chi connectivity index (χ1) is 49.9. The van der Waals surface area contributed by atoms with Crippen molar-refractivity contribution in [1.82, 2.24) is 0 Å². The largest absolute Gasteiger partial charge is 0.0622 e. The quantitative estimate of drug-likeness (QED) is 0.0594. The third-order valence-electron chi connectivity index (χ3n) is 16.3. The summed E-state index contributed by atoms with van der Waals surface area (Å²) in [6.45, 7) is 2.30. The fourth-order valence-corrected chi connectivity index (χ4v) is 23.0. The number of furan rings is 1. The van der Waals surface area contributed by atoms with E-state index >= 15 is 0 Å². The van der Waals surface area contributed by atoms with Crippen molar-refractivity contribution in [2.75, 3.05) is 0 Å². The SMILES string of the molecule is C#CCCCC#CC(O)C#C.C/C(=C\c1occ2c1CCC2)[P+](c1ccccc1)(c1ccccc1)c1ccccc1.S.[Cl-].[Cl][Os][Cl].c1ccc(P(c2ccccc2)c2ccccc2)cc1.c1ccc(P(c2ccccc2)c2ccccc2)cc1.c1ccc(P(c2ccccc2)c2ccccc2)cc1. The second kappa shape index (κ2) is 46.6. The molecule has 1 unspecified atom stereocenters. The molecule has 13 aromatic rings. The van der Waals surface area contributed by atoms with Gasteiger partial charge in [0.1, 0.15) is 28.9 Å². The number of aliphatic hydroxyl groups is 1. The third-order valence-corrected chi connectivity index (χ3v) is 28.1. The first-order valence-electron chi connectivity index (χ1n) is 33.5. The van der Waals surface area contributed by atoms with Crippen LogP contribution in [-0.2, 0) is 28.2 Å². The predicted molar refractivity (Wildman–Crippen MR) is 452 cm³/mol. The molecular formula is C92H83Cl3O2OsP4S. The molecule has 0 amide bonds. The second-order valence-electron chi connectivity index (χ2n) is 22.9. The van der Waals surface area contributed by atoms with Crippen LogP contribution in [0.3, 0.4) is 0 Å². The van der Waals surface area contributed by atoms with Gasteiger partial charge in [-0.15, -0.1) is 18.8 Å². The van der Waals surface area contributed by atoms with E-state index in [9.17, 15) is 0 Å². The zero-order chi connectivity index (χ0) is 70.4. The summed E-state index contributed by atoms with van der Waals surface area (Å²) in [6, 6.07) is 130. The van der Waals surface area contributed by atoms with E-state index in [4.69, 9.17) is 41.6 Å². The molecule has 103 heavy (non-hydrogen) atoms. The normalized spacial score (nSPS) is 11.2. The van der Waals surface area contributed by atoms with Gasteiger partial charge in [-0.05, 0) is 146 Å². The predicted octanol–water partition coefficient (Wildman–Crippen LogP) is 15.7. The minimum absolute atomic E-state index is 0. The molecule has 0 saturated carbocycles. The number of rotatable bonds is 16. The van der Waals surface area contributed by atoms with E-state index in [2.05, 4.69) is 401 Å². The maximum atomic E-state index is 8.76. The van der Waals surface area contributed by atoms with Crippen molar-refractivity contribution in [3.05, 3.63) is 392 Å². The zero-order valence-corrected chi connectivity index (χ0v) is 66.8. The molecule has 0 aliphatic heterocycles. The van der Waals surface area contributed by atoms with Crippen molar-refractivity contribution in [3.8, 4) is 36.5 Å². The Morgan fingerprint density at radius 3 is 0.932 bits per heavy atom. The molecule has 0 radical (unpaired) electrons. The molecule has 0 spiro atoms.